The molecule has 0 aliphatic heterocycles. The molecule has 0 amide bonds. The summed E-state index contributed by atoms with van der Waals surface area (Å²) in [5, 5.41) is 3.22. The molecule has 0 saturated heterocycles. The molecule has 0 aliphatic carbocycles. The lowest BCUT2D eigenvalue weighted by molar-refractivity contribution is 0.305. The minimum atomic E-state index is -0.217. The maximum absolute atomic E-state index is 13.1. The minimum Gasteiger partial charge on any atom is -0.489 e. The Bertz CT molecular complexity index is 555. The molecule has 1 N–H and O–H groups in total. The third kappa shape index (κ3) is 3.95. The van der Waals surface area contributed by atoms with Crippen LogP contribution in [0, 0.1) is 12.7 Å². The molecule has 1 aromatic carbocycles. The number of halogens is 1. The molecule has 0 fully saturated rings. The number of ether oxygens (including phenoxy) is 1. The normalized spacial score (nSPS) is 10.3. The van der Waals surface area contributed by atoms with E-state index in [4.69, 9.17) is 4.74 Å². The van der Waals surface area contributed by atoms with Crippen LogP contribution in [0.5, 0.6) is 5.75 Å². The van der Waals surface area contributed by atoms with Gasteiger partial charge in [-0.25, -0.2) is 9.37 Å². The molecule has 4 heteroatoms. The summed E-state index contributed by atoms with van der Waals surface area (Å²) in [6.07, 6.45) is 2.85. The molecule has 0 unspecified atom stereocenters. The van der Waals surface area contributed by atoms with E-state index in [1.54, 1.807) is 25.3 Å². The molecule has 1 aromatic heterocycles. The van der Waals surface area contributed by atoms with E-state index in [1.165, 1.54) is 6.07 Å². The van der Waals surface area contributed by atoms with E-state index in [1.807, 2.05) is 12.1 Å². The van der Waals surface area contributed by atoms with Gasteiger partial charge in [-0.05, 0) is 43.2 Å². The van der Waals surface area contributed by atoms with Crippen molar-refractivity contribution in [2.75, 3.05) is 11.9 Å². The number of hydrogen-bond acceptors (Lipinski definition) is 3. The lowest BCUT2D eigenvalue weighted by atomic mass is 10.2. The lowest BCUT2D eigenvalue weighted by Gasteiger charge is -2.08. The molecule has 2 aromatic rings. The van der Waals surface area contributed by atoms with Gasteiger partial charge in [0.25, 0.3) is 0 Å². The molecule has 3 nitrogen and oxygen atoms in total. The number of nitrogens with one attached hydrogen (secondary N) is 1. The van der Waals surface area contributed by atoms with Gasteiger partial charge in [0.05, 0.1) is 0 Å². The summed E-state index contributed by atoms with van der Waals surface area (Å²) in [5.74, 6) is 1.32. The minimum absolute atomic E-state index is 0.217. The molecule has 0 aliphatic rings. The van der Waals surface area contributed by atoms with Gasteiger partial charge in [-0.2, -0.15) is 0 Å². The van der Waals surface area contributed by atoms with E-state index in [-0.39, 0.29) is 5.82 Å². The lowest BCUT2D eigenvalue weighted by Crippen LogP contribution is -2.02. The van der Waals surface area contributed by atoms with E-state index < -0.39 is 0 Å². The first-order valence-electron chi connectivity index (χ1n) is 6.77. The van der Waals surface area contributed by atoms with Gasteiger partial charge in [0.2, 0.25) is 0 Å². The topological polar surface area (TPSA) is 34.1 Å². The summed E-state index contributed by atoms with van der Waals surface area (Å²) in [7, 11) is 0. The summed E-state index contributed by atoms with van der Waals surface area (Å²) < 4.78 is 18.8. The van der Waals surface area contributed by atoms with Gasteiger partial charge in [-0.3, -0.25) is 0 Å². The first kappa shape index (κ1) is 14.3. The Kier molecular flexibility index (Phi) is 4.93. The second-order valence-electron chi connectivity index (χ2n) is 4.68. The monoisotopic (exact) mass is 274 g/mol. The number of aromatic nitrogens is 1. The third-order valence-electron chi connectivity index (χ3n) is 2.92. The highest BCUT2D eigenvalue weighted by atomic mass is 19.1. The van der Waals surface area contributed by atoms with Gasteiger partial charge in [0.15, 0.2) is 0 Å². The molecule has 0 radical (unpaired) electrons. The summed E-state index contributed by atoms with van der Waals surface area (Å²) in [6, 6.07) is 8.65. The number of rotatable bonds is 6. The standard InChI is InChI=1S/C16H19FN2O/c1-3-8-18-16-7-4-13(10-19-16)11-20-14-5-6-15(17)12(2)9-14/h4-7,9-10H,3,8,11H2,1-2H3,(H,18,19). The predicted octanol–water partition coefficient (Wildman–Crippen LogP) is 3.93. The van der Waals surface area contributed by atoms with Crippen LogP contribution in [0.25, 0.3) is 0 Å². The van der Waals surface area contributed by atoms with E-state index in [0.29, 0.717) is 17.9 Å². The van der Waals surface area contributed by atoms with Crippen LogP contribution < -0.4 is 10.1 Å². The summed E-state index contributed by atoms with van der Waals surface area (Å²) in [5.41, 5.74) is 1.56. The SMILES string of the molecule is CCCNc1ccc(COc2ccc(F)c(C)c2)cn1. The average molecular weight is 274 g/mol. The third-order valence-corrected chi connectivity index (χ3v) is 2.92. The number of benzene rings is 1. The summed E-state index contributed by atoms with van der Waals surface area (Å²) >= 11 is 0. The molecule has 1 heterocycles. The Morgan fingerprint density at radius 3 is 2.75 bits per heavy atom. The molecule has 0 saturated carbocycles. The Labute approximate surface area is 118 Å². The fourth-order valence-electron chi connectivity index (χ4n) is 1.74. The van der Waals surface area contributed by atoms with Gasteiger partial charge < -0.3 is 10.1 Å². The van der Waals surface area contributed by atoms with E-state index in [9.17, 15) is 4.39 Å². The first-order chi connectivity index (χ1) is 9.69. The zero-order valence-corrected chi connectivity index (χ0v) is 11.8. The van der Waals surface area contributed by atoms with Gasteiger partial charge in [0, 0.05) is 18.3 Å². The van der Waals surface area contributed by atoms with Crippen molar-refractivity contribution in [3.05, 3.63) is 53.5 Å². The van der Waals surface area contributed by atoms with Crippen molar-refractivity contribution >= 4 is 5.82 Å². The second-order valence-corrected chi connectivity index (χ2v) is 4.68. The predicted molar refractivity (Wildman–Crippen MR) is 78.5 cm³/mol. The van der Waals surface area contributed by atoms with Crippen molar-refractivity contribution in [1.82, 2.24) is 4.98 Å². The van der Waals surface area contributed by atoms with E-state index >= 15 is 0 Å². The van der Waals surface area contributed by atoms with Crippen molar-refractivity contribution in [2.24, 2.45) is 0 Å². The maximum Gasteiger partial charge on any atom is 0.126 e. The van der Waals surface area contributed by atoms with Crippen LogP contribution in [0.15, 0.2) is 36.5 Å². The van der Waals surface area contributed by atoms with Crippen molar-refractivity contribution in [3.8, 4) is 5.75 Å². The molecule has 106 valence electrons. The van der Waals surface area contributed by atoms with Crippen molar-refractivity contribution in [2.45, 2.75) is 26.9 Å². The van der Waals surface area contributed by atoms with Crippen molar-refractivity contribution in [1.29, 1.82) is 0 Å². The maximum atomic E-state index is 13.1. The molecule has 0 atom stereocenters. The first-order valence-corrected chi connectivity index (χ1v) is 6.77. The Hall–Kier alpha value is -2.10. The fourth-order valence-corrected chi connectivity index (χ4v) is 1.74. The average Bonchev–Trinajstić information content (AvgIpc) is 2.47. The van der Waals surface area contributed by atoms with Crippen LogP contribution in [-0.2, 0) is 6.61 Å². The number of pyridine rings is 1. The molecule has 0 bridgehead atoms. The molecule has 20 heavy (non-hydrogen) atoms. The van der Waals surface area contributed by atoms with Crippen LogP contribution in [0.2, 0.25) is 0 Å². The number of anilines is 1. The van der Waals surface area contributed by atoms with Gasteiger partial charge in [0.1, 0.15) is 24.0 Å². The molecule has 0 spiro atoms. The largest absolute Gasteiger partial charge is 0.489 e. The van der Waals surface area contributed by atoms with Crippen LogP contribution in [0.1, 0.15) is 24.5 Å². The zero-order chi connectivity index (χ0) is 14.4. The van der Waals surface area contributed by atoms with Crippen LogP contribution in [0.3, 0.4) is 0 Å². The van der Waals surface area contributed by atoms with E-state index in [2.05, 4.69) is 17.2 Å². The second kappa shape index (κ2) is 6.89. The molecular weight excluding hydrogens is 255 g/mol. The van der Waals surface area contributed by atoms with Crippen LogP contribution in [-0.4, -0.2) is 11.5 Å². The summed E-state index contributed by atoms with van der Waals surface area (Å²) in [4.78, 5) is 4.31. The zero-order valence-electron chi connectivity index (χ0n) is 11.8. The Morgan fingerprint density at radius 1 is 1.25 bits per heavy atom. The highest BCUT2D eigenvalue weighted by molar-refractivity contribution is 5.35. The Balaban J connectivity index is 1.91. The van der Waals surface area contributed by atoms with Crippen molar-refractivity contribution < 1.29 is 9.13 Å². The number of hydrogen-bond donors (Lipinski definition) is 1. The summed E-state index contributed by atoms with van der Waals surface area (Å²) in [6.45, 7) is 5.17. The van der Waals surface area contributed by atoms with E-state index in [0.717, 1.165) is 24.3 Å². The molecule has 2 rings (SSSR count). The molecular formula is C16H19FN2O. The number of nitrogens with zero attached hydrogens (tertiary/aromatic N) is 1. The van der Waals surface area contributed by atoms with Crippen LogP contribution in [0.4, 0.5) is 10.2 Å². The fraction of sp³-hybridized carbons (Fsp3) is 0.312. The van der Waals surface area contributed by atoms with Gasteiger partial charge in [-0.1, -0.05) is 13.0 Å². The number of aryl methyl sites for hydroxylation is 1. The smallest absolute Gasteiger partial charge is 0.126 e. The van der Waals surface area contributed by atoms with Crippen LogP contribution >= 0.6 is 0 Å². The highest BCUT2D eigenvalue weighted by Gasteiger charge is 2.01. The highest BCUT2D eigenvalue weighted by Crippen LogP contribution is 2.17. The van der Waals surface area contributed by atoms with Crippen molar-refractivity contribution in [3.63, 3.8) is 0 Å². The quantitative estimate of drug-likeness (QED) is 0.866. The van der Waals surface area contributed by atoms with Gasteiger partial charge >= 0.3 is 0 Å². The Morgan fingerprint density at radius 2 is 2.10 bits per heavy atom. The van der Waals surface area contributed by atoms with Gasteiger partial charge in [-0.15, -0.1) is 0 Å².